The third-order valence-corrected chi connectivity index (χ3v) is 7.76. The number of nitrogens with one attached hydrogen (secondary N) is 2. The van der Waals surface area contributed by atoms with Crippen LogP contribution < -0.4 is 10.6 Å². The van der Waals surface area contributed by atoms with Crippen LogP contribution in [0.15, 0.2) is 24.3 Å². The molecule has 3 unspecified atom stereocenters. The van der Waals surface area contributed by atoms with Gasteiger partial charge in [-0.15, -0.1) is 6.42 Å². The van der Waals surface area contributed by atoms with Gasteiger partial charge in [0.05, 0.1) is 0 Å². The second-order valence-corrected chi connectivity index (χ2v) is 11.8. The molecule has 0 aliphatic heterocycles. The van der Waals surface area contributed by atoms with Crippen LogP contribution in [0.2, 0.25) is 0 Å². The number of rotatable bonds is 9. The first-order chi connectivity index (χ1) is 18.1. The van der Waals surface area contributed by atoms with E-state index >= 15 is 0 Å². The highest BCUT2D eigenvalue weighted by atomic mass is 16.6. The minimum atomic E-state index is -0.881. The van der Waals surface area contributed by atoms with E-state index in [1.54, 1.807) is 25.7 Å². The number of hydrogen-bond donors (Lipinski definition) is 2. The van der Waals surface area contributed by atoms with Crippen molar-refractivity contribution < 1.29 is 19.1 Å². The molecule has 208 valence electrons. The van der Waals surface area contributed by atoms with E-state index in [2.05, 4.69) is 16.6 Å². The molecule has 3 rings (SSSR count). The van der Waals surface area contributed by atoms with E-state index < -0.39 is 23.8 Å². The van der Waals surface area contributed by atoms with Crippen LogP contribution in [0.5, 0.6) is 0 Å². The summed E-state index contributed by atoms with van der Waals surface area (Å²) in [6.45, 7) is 9.28. The first-order valence-electron chi connectivity index (χ1n) is 14.2. The Morgan fingerprint density at radius 1 is 1.08 bits per heavy atom. The minimum Gasteiger partial charge on any atom is -0.444 e. The predicted octanol–water partition coefficient (Wildman–Crippen LogP) is 5.48. The van der Waals surface area contributed by atoms with Crippen molar-refractivity contribution in [1.82, 2.24) is 15.5 Å². The Morgan fingerprint density at radius 2 is 1.74 bits per heavy atom. The number of ether oxygens (including phenoxy) is 1. The molecule has 2 fully saturated rings. The summed E-state index contributed by atoms with van der Waals surface area (Å²) in [5, 5.41) is 6.09. The Morgan fingerprint density at radius 3 is 2.29 bits per heavy atom. The van der Waals surface area contributed by atoms with E-state index in [9.17, 15) is 14.4 Å². The van der Waals surface area contributed by atoms with Crippen molar-refractivity contribution in [2.75, 3.05) is 0 Å². The Bertz CT molecular complexity index is 1010. The lowest BCUT2D eigenvalue weighted by molar-refractivity contribution is -0.148. The summed E-state index contributed by atoms with van der Waals surface area (Å²) in [7, 11) is 0. The molecule has 2 aliphatic rings. The zero-order valence-electron chi connectivity index (χ0n) is 23.7. The van der Waals surface area contributed by atoms with Gasteiger partial charge in [0.25, 0.3) is 0 Å². The van der Waals surface area contributed by atoms with Crippen molar-refractivity contribution in [3.63, 3.8) is 0 Å². The lowest BCUT2D eigenvalue weighted by Gasteiger charge is -2.45. The third kappa shape index (κ3) is 7.52. The standard InChI is InChI=1S/C31H45N3O4/c1-7-21(3)26(33-30(37)38-31(4,5)6)29(36)34(24-18-14-19-24)27(25-20-13-12-15-22(25)8-2)28(35)32-23-16-10-9-11-17-23/h2,12-13,15,20-21,23-24,26-27H,7,9-11,14,16-19H2,1,3-6H3,(H,32,35)(H,33,37). The molecule has 2 N–H and O–H groups in total. The highest BCUT2D eigenvalue weighted by Gasteiger charge is 2.44. The molecule has 0 aromatic heterocycles. The van der Waals surface area contributed by atoms with Gasteiger partial charge in [-0.2, -0.15) is 0 Å². The molecule has 0 saturated heterocycles. The van der Waals surface area contributed by atoms with Crippen molar-refractivity contribution >= 4 is 17.9 Å². The summed E-state index contributed by atoms with van der Waals surface area (Å²) < 4.78 is 5.50. The van der Waals surface area contributed by atoms with Crippen LogP contribution in [-0.2, 0) is 14.3 Å². The topological polar surface area (TPSA) is 87.7 Å². The van der Waals surface area contributed by atoms with Crippen LogP contribution in [0.3, 0.4) is 0 Å². The fourth-order valence-corrected chi connectivity index (χ4v) is 5.27. The molecule has 3 atom stereocenters. The molecular formula is C31H45N3O4. The Labute approximate surface area is 228 Å². The molecule has 1 aromatic carbocycles. The molecule has 2 saturated carbocycles. The van der Waals surface area contributed by atoms with Gasteiger partial charge >= 0.3 is 6.09 Å². The highest BCUT2D eigenvalue weighted by Crippen LogP contribution is 2.36. The molecule has 1 aromatic rings. The molecule has 0 radical (unpaired) electrons. The van der Waals surface area contributed by atoms with E-state index in [1.165, 1.54) is 6.42 Å². The van der Waals surface area contributed by atoms with Gasteiger partial charge in [0.1, 0.15) is 17.7 Å². The van der Waals surface area contributed by atoms with Crippen molar-refractivity contribution in [2.45, 2.75) is 122 Å². The zero-order chi connectivity index (χ0) is 27.9. The minimum absolute atomic E-state index is 0.0836. The predicted molar refractivity (Wildman–Crippen MR) is 149 cm³/mol. The molecule has 0 spiro atoms. The van der Waals surface area contributed by atoms with Gasteiger partial charge in [-0.3, -0.25) is 9.59 Å². The fourth-order valence-electron chi connectivity index (χ4n) is 5.27. The van der Waals surface area contributed by atoms with Gasteiger partial charge < -0.3 is 20.3 Å². The summed E-state index contributed by atoms with van der Waals surface area (Å²) in [6, 6.07) is 5.61. The van der Waals surface area contributed by atoms with E-state index in [1.807, 2.05) is 38.1 Å². The van der Waals surface area contributed by atoms with E-state index in [-0.39, 0.29) is 29.8 Å². The number of alkyl carbamates (subject to hydrolysis) is 1. The van der Waals surface area contributed by atoms with Crippen molar-refractivity contribution in [3.8, 4) is 12.3 Å². The molecular weight excluding hydrogens is 478 g/mol. The summed E-state index contributed by atoms with van der Waals surface area (Å²) in [6.07, 6.45) is 13.7. The zero-order valence-corrected chi connectivity index (χ0v) is 23.7. The average molecular weight is 524 g/mol. The van der Waals surface area contributed by atoms with Crippen LogP contribution in [0, 0.1) is 18.3 Å². The summed E-state index contributed by atoms with van der Waals surface area (Å²) in [5.74, 6) is 2.07. The first-order valence-corrected chi connectivity index (χ1v) is 14.2. The average Bonchev–Trinajstić information content (AvgIpc) is 2.84. The van der Waals surface area contributed by atoms with Gasteiger partial charge in [0, 0.05) is 17.6 Å². The van der Waals surface area contributed by atoms with Crippen LogP contribution in [-0.4, -0.2) is 46.5 Å². The number of carbonyl (C=O) groups excluding carboxylic acids is 3. The van der Waals surface area contributed by atoms with Crippen molar-refractivity contribution in [1.29, 1.82) is 0 Å². The number of terminal acetylenes is 1. The fraction of sp³-hybridized carbons (Fsp3) is 0.645. The van der Waals surface area contributed by atoms with E-state index in [0.717, 1.165) is 44.9 Å². The second-order valence-electron chi connectivity index (χ2n) is 11.8. The van der Waals surface area contributed by atoms with Gasteiger partial charge in [-0.05, 0) is 70.4 Å². The largest absolute Gasteiger partial charge is 0.444 e. The van der Waals surface area contributed by atoms with Crippen molar-refractivity contribution in [2.24, 2.45) is 5.92 Å². The van der Waals surface area contributed by atoms with E-state index in [0.29, 0.717) is 17.5 Å². The van der Waals surface area contributed by atoms with Gasteiger partial charge in [-0.1, -0.05) is 63.7 Å². The molecule has 2 aliphatic carbocycles. The maximum absolute atomic E-state index is 14.4. The van der Waals surface area contributed by atoms with Crippen LogP contribution in [0.1, 0.15) is 110 Å². The first kappa shape index (κ1) is 29.5. The third-order valence-electron chi connectivity index (χ3n) is 7.76. The summed E-state index contributed by atoms with van der Waals surface area (Å²) in [5.41, 5.74) is 0.534. The number of nitrogens with zero attached hydrogens (tertiary/aromatic N) is 1. The molecule has 7 heteroatoms. The smallest absolute Gasteiger partial charge is 0.408 e. The number of carbonyl (C=O) groups is 3. The Kier molecular flexibility index (Phi) is 10.2. The quantitative estimate of drug-likeness (QED) is 0.420. The second kappa shape index (κ2) is 13.2. The lowest BCUT2D eigenvalue weighted by atomic mass is 9.85. The van der Waals surface area contributed by atoms with Crippen molar-refractivity contribution in [3.05, 3.63) is 35.4 Å². The molecule has 0 bridgehead atoms. The number of benzene rings is 1. The lowest BCUT2D eigenvalue weighted by Crippen LogP contribution is -2.59. The maximum atomic E-state index is 14.4. The SMILES string of the molecule is C#Cc1ccccc1C(C(=O)NC1CCCCC1)N(C(=O)C(NC(=O)OC(C)(C)C)C(C)CC)C1CCC1. The number of amides is 3. The Balaban J connectivity index is 2.02. The van der Waals surface area contributed by atoms with Crippen LogP contribution >= 0.6 is 0 Å². The van der Waals surface area contributed by atoms with E-state index in [4.69, 9.17) is 11.2 Å². The van der Waals surface area contributed by atoms with Gasteiger partial charge in [0.15, 0.2) is 0 Å². The maximum Gasteiger partial charge on any atom is 0.408 e. The van der Waals surface area contributed by atoms with Gasteiger partial charge in [0.2, 0.25) is 11.8 Å². The molecule has 7 nitrogen and oxygen atoms in total. The highest BCUT2D eigenvalue weighted by molar-refractivity contribution is 5.93. The Hall–Kier alpha value is -3.01. The van der Waals surface area contributed by atoms with Gasteiger partial charge in [-0.25, -0.2) is 4.79 Å². The number of hydrogen-bond acceptors (Lipinski definition) is 4. The summed E-state index contributed by atoms with van der Waals surface area (Å²) >= 11 is 0. The molecule has 3 amide bonds. The van der Waals surface area contributed by atoms with Crippen LogP contribution in [0.25, 0.3) is 0 Å². The monoisotopic (exact) mass is 523 g/mol. The molecule has 0 heterocycles. The van der Waals surface area contributed by atoms with Crippen LogP contribution in [0.4, 0.5) is 4.79 Å². The summed E-state index contributed by atoms with van der Waals surface area (Å²) in [4.78, 5) is 43.0. The molecule has 38 heavy (non-hydrogen) atoms. The normalized spacial score (nSPS) is 18.7.